The zero-order valence-electron chi connectivity index (χ0n) is 30.9. The number of carbonyl (C=O) groups is 7. The molecular weight excluding hydrogens is 666 g/mol. The molecule has 1 aliphatic heterocycles. The maximum Gasteiger partial charge on any atom is 0.312 e. The highest BCUT2D eigenvalue weighted by Crippen LogP contribution is 2.35. The van der Waals surface area contributed by atoms with Gasteiger partial charge in [0, 0.05) is 44.0 Å². The molecule has 0 spiro atoms. The van der Waals surface area contributed by atoms with Gasteiger partial charge in [-0.05, 0) is 54.4 Å². The minimum atomic E-state index is -0.943. The van der Waals surface area contributed by atoms with Crippen LogP contribution < -0.4 is 21.7 Å². The van der Waals surface area contributed by atoms with Crippen LogP contribution in [0, 0.1) is 23.2 Å². The molecule has 2 aromatic rings. The number of hydrogen-bond donors (Lipinski definition) is 4. The van der Waals surface area contributed by atoms with E-state index in [1.807, 2.05) is 51.1 Å². The van der Waals surface area contributed by atoms with Gasteiger partial charge in [0.05, 0.1) is 17.9 Å². The fourth-order valence-corrected chi connectivity index (χ4v) is 5.87. The summed E-state index contributed by atoms with van der Waals surface area (Å²) < 4.78 is 5.26. The normalized spacial score (nSPS) is 15.6. The summed E-state index contributed by atoms with van der Waals surface area (Å²) in [4.78, 5) is 90.3. The molecule has 2 aromatic carbocycles. The van der Waals surface area contributed by atoms with Gasteiger partial charge in [0.1, 0.15) is 6.61 Å². The summed E-state index contributed by atoms with van der Waals surface area (Å²) in [5.41, 5.74) is 6.88. The average molecular weight is 720 g/mol. The number of likely N-dealkylation sites (tertiary alicyclic amines) is 1. The van der Waals surface area contributed by atoms with Crippen molar-refractivity contribution in [1.29, 1.82) is 0 Å². The van der Waals surface area contributed by atoms with E-state index in [-0.39, 0.29) is 93.1 Å². The highest BCUT2D eigenvalue weighted by Gasteiger charge is 2.44. The van der Waals surface area contributed by atoms with Crippen molar-refractivity contribution in [2.45, 2.75) is 92.2 Å². The number of urea groups is 1. The summed E-state index contributed by atoms with van der Waals surface area (Å²) in [7, 11) is 0. The van der Waals surface area contributed by atoms with Crippen molar-refractivity contribution in [3.63, 3.8) is 0 Å². The number of benzene rings is 2. The highest BCUT2D eigenvalue weighted by molar-refractivity contribution is 6.04. The summed E-state index contributed by atoms with van der Waals surface area (Å²) in [6.45, 7) is 9.67. The second-order valence-electron chi connectivity index (χ2n) is 14.7. The van der Waals surface area contributed by atoms with E-state index in [0.29, 0.717) is 12.1 Å². The Morgan fingerprint density at radius 2 is 1.62 bits per heavy atom. The van der Waals surface area contributed by atoms with Crippen LogP contribution in [0.1, 0.15) is 84.3 Å². The van der Waals surface area contributed by atoms with Gasteiger partial charge in [0.2, 0.25) is 23.6 Å². The number of hydrogen-bond acceptors (Lipinski definition) is 8. The van der Waals surface area contributed by atoms with Gasteiger partial charge in [-0.25, -0.2) is 4.79 Å². The Morgan fingerprint density at radius 3 is 2.21 bits per heavy atom. The van der Waals surface area contributed by atoms with Crippen molar-refractivity contribution in [1.82, 2.24) is 15.5 Å². The van der Waals surface area contributed by atoms with Crippen molar-refractivity contribution in [3.05, 3.63) is 65.7 Å². The van der Waals surface area contributed by atoms with E-state index in [0.717, 1.165) is 11.1 Å². The van der Waals surface area contributed by atoms with E-state index in [9.17, 15) is 33.6 Å². The van der Waals surface area contributed by atoms with E-state index in [4.69, 9.17) is 10.5 Å². The molecule has 3 rings (SSSR count). The predicted octanol–water partition coefficient (Wildman–Crippen LogP) is 4.28. The van der Waals surface area contributed by atoms with Gasteiger partial charge in [-0.2, -0.15) is 0 Å². The van der Waals surface area contributed by atoms with Crippen LogP contribution in [0.4, 0.5) is 10.5 Å². The Morgan fingerprint density at radius 1 is 0.942 bits per heavy atom. The summed E-state index contributed by atoms with van der Waals surface area (Å²) in [5, 5.41) is 8.19. The van der Waals surface area contributed by atoms with Crippen molar-refractivity contribution in [2.24, 2.45) is 28.9 Å². The third-order valence-electron chi connectivity index (χ3n) is 9.00. The van der Waals surface area contributed by atoms with Crippen LogP contribution in [0.3, 0.4) is 0 Å². The fourth-order valence-electron chi connectivity index (χ4n) is 5.87. The van der Waals surface area contributed by atoms with Crippen molar-refractivity contribution >= 4 is 47.1 Å². The topological polar surface area (TPSA) is 194 Å². The monoisotopic (exact) mass is 719 g/mol. The van der Waals surface area contributed by atoms with Gasteiger partial charge >= 0.3 is 12.0 Å². The third-order valence-corrected chi connectivity index (χ3v) is 9.00. The summed E-state index contributed by atoms with van der Waals surface area (Å²) >= 11 is 0. The Labute approximate surface area is 305 Å². The maximum absolute atomic E-state index is 13.9. The largest absolute Gasteiger partial charge is 0.461 e. The zero-order valence-corrected chi connectivity index (χ0v) is 30.9. The number of nitrogens with one attached hydrogen (secondary N) is 3. The van der Waals surface area contributed by atoms with Crippen LogP contribution in [-0.2, 0) is 46.5 Å². The van der Waals surface area contributed by atoms with Crippen LogP contribution >= 0.6 is 0 Å². The van der Waals surface area contributed by atoms with Crippen LogP contribution in [0.5, 0.6) is 0 Å². The van der Waals surface area contributed by atoms with E-state index in [1.165, 1.54) is 4.90 Å². The Balaban J connectivity index is 1.68. The number of ketones is 1. The minimum Gasteiger partial charge on any atom is -0.461 e. The second kappa shape index (κ2) is 19.5. The Hall–Kier alpha value is -5.07. The summed E-state index contributed by atoms with van der Waals surface area (Å²) in [5.74, 6) is -3.42. The molecule has 0 bridgehead atoms. The molecule has 0 aromatic heterocycles. The number of amides is 6. The fraction of sp³-hybridized carbons (Fsp3) is 0.513. The van der Waals surface area contributed by atoms with Gasteiger partial charge in [0.25, 0.3) is 0 Å². The van der Waals surface area contributed by atoms with Crippen LogP contribution in [0.15, 0.2) is 54.6 Å². The van der Waals surface area contributed by atoms with E-state index in [1.54, 1.807) is 38.1 Å². The lowest BCUT2D eigenvalue weighted by Crippen LogP contribution is -2.44. The van der Waals surface area contributed by atoms with E-state index < -0.39 is 35.7 Å². The number of ether oxygens (including phenoxy) is 1. The number of imide groups is 1. The smallest absolute Gasteiger partial charge is 0.312 e. The molecule has 13 heteroatoms. The van der Waals surface area contributed by atoms with Crippen LogP contribution in [0.25, 0.3) is 0 Å². The molecule has 0 aliphatic carbocycles. The number of Topliss-reactive ketones (excluding diaryl/α,β-unsaturated/α-hetero) is 1. The number of esters is 1. The maximum atomic E-state index is 13.9. The molecule has 13 nitrogen and oxygen atoms in total. The number of nitrogens with zero attached hydrogens (tertiary/aromatic N) is 1. The van der Waals surface area contributed by atoms with Crippen molar-refractivity contribution < 1.29 is 38.3 Å². The quantitative estimate of drug-likeness (QED) is 0.0939. The second-order valence-corrected chi connectivity index (χ2v) is 14.7. The van der Waals surface area contributed by atoms with E-state index >= 15 is 0 Å². The Kier molecular flexibility index (Phi) is 15.5. The molecule has 282 valence electrons. The number of primary amides is 1. The molecule has 0 saturated carbocycles. The lowest BCUT2D eigenvalue weighted by Gasteiger charge is -2.25. The lowest BCUT2D eigenvalue weighted by molar-refractivity contribution is -0.148. The first kappa shape index (κ1) is 41.4. The van der Waals surface area contributed by atoms with E-state index in [2.05, 4.69) is 16.0 Å². The van der Waals surface area contributed by atoms with Gasteiger partial charge in [-0.15, -0.1) is 0 Å². The number of nitrogens with two attached hydrogens (primary N) is 1. The van der Waals surface area contributed by atoms with Gasteiger partial charge in [-0.3, -0.25) is 33.7 Å². The molecular formula is C39H53N5O8. The predicted molar refractivity (Wildman–Crippen MR) is 195 cm³/mol. The lowest BCUT2D eigenvalue weighted by atomic mass is 9.80. The molecule has 0 radical (unpaired) electrons. The first-order valence-corrected chi connectivity index (χ1v) is 17.8. The first-order valence-electron chi connectivity index (χ1n) is 17.8. The van der Waals surface area contributed by atoms with Crippen LogP contribution in [-0.4, -0.2) is 65.4 Å². The average Bonchev–Trinajstić information content (AvgIpc) is 3.38. The minimum absolute atomic E-state index is 0.00875. The number of rotatable bonds is 19. The van der Waals surface area contributed by atoms with Gasteiger partial charge in [0.15, 0.2) is 5.78 Å². The molecule has 1 aliphatic rings. The molecule has 1 heterocycles. The molecule has 6 amide bonds. The SMILES string of the molecule is CC(C)C(=O)OCc1ccc(NC(=O)[C@H](CCCNC(N)=O)CC(=O)[C@@H](Cc2ccccc2)NC(=O)CCCN2C(=O)CC(C(C)(C)C)C2=O)cc1. The molecule has 52 heavy (non-hydrogen) atoms. The molecule has 5 N–H and O–H groups in total. The number of anilines is 1. The van der Waals surface area contributed by atoms with Crippen molar-refractivity contribution in [2.75, 3.05) is 18.4 Å². The number of carbonyl (C=O) groups excluding carboxylic acids is 7. The first-order chi connectivity index (χ1) is 24.5. The standard InChI is InChI=1S/C39H53N5O8/c1-25(2)37(50)52-24-27-15-17-29(18-16-27)42-35(48)28(13-9-19-41-38(40)51)22-32(45)31(21-26-11-7-6-8-12-26)43-33(46)14-10-20-44-34(47)23-30(36(44)49)39(3,4)5/h6-8,11-12,15-18,25,28,30-31H,9-10,13-14,19-24H2,1-5H3,(H,42,48)(H,43,46)(H3,40,41,51)/t28-,30?,31-/m1/s1. The van der Waals surface area contributed by atoms with Gasteiger partial charge < -0.3 is 26.4 Å². The summed E-state index contributed by atoms with van der Waals surface area (Å²) in [6, 6.07) is 14.3. The zero-order chi connectivity index (χ0) is 38.4. The molecule has 1 saturated heterocycles. The highest BCUT2D eigenvalue weighted by atomic mass is 16.5. The van der Waals surface area contributed by atoms with Crippen LogP contribution in [0.2, 0.25) is 0 Å². The third kappa shape index (κ3) is 13.2. The Bertz CT molecular complexity index is 1570. The molecule has 1 unspecified atom stereocenters. The molecule has 3 atom stereocenters. The molecule has 1 fully saturated rings. The summed E-state index contributed by atoms with van der Waals surface area (Å²) in [6.07, 6.45) is 1.01. The van der Waals surface area contributed by atoms with Crippen molar-refractivity contribution in [3.8, 4) is 0 Å². The van der Waals surface area contributed by atoms with Gasteiger partial charge in [-0.1, -0.05) is 77.1 Å².